The molecule has 1 aliphatic heterocycles. The number of nitrogens with zero attached hydrogens (tertiary/aromatic N) is 3. The van der Waals surface area contributed by atoms with Gasteiger partial charge in [-0.25, -0.2) is 0 Å². The second kappa shape index (κ2) is 10.1. The van der Waals surface area contributed by atoms with Crippen LogP contribution in [0.15, 0.2) is 36.4 Å². The number of aromatic amines is 1. The summed E-state index contributed by atoms with van der Waals surface area (Å²) in [5.74, 6) is 0.982. The van der Waals surface area contributed by atoms with Crippen LogP contribution >= 0.6 is 0 Å². The molecule has 9 heteroatoms. The lowest BCUT2D eigenvalue weighted by atomic mass is 10.0. The van der Waals surface area contributed by atoms with Crippen molar-refractivity contribution < 1.29 is 23.8 Å². The fourth-order valence-electron chi connectivity index (χ4n) is 4.34. The van der Waals surface area contributed by atoms with Gasteiger partial charge in [-0.1, -0.05) is 23.8 Å². The SMILES string of the molecule is COc1cc(C(=O)N2CCN(C(=O)c3cc(-c4ccc(C)cc4C)n[nH]3)CC2)cc(OC)c1OC. The molecule has 0 spiro atoms. The van der Waals surface area contributed by atoms with E-state index in [1.165, 1.54) is 26.9 Å². The maximum atomic E-state index is 13.2. The fourth-order valence-corrected chi connectivity index (χ4v) is 4.34. The van der Waals surface area contributed by atoms with E-state index in [1.807, 2.05) is 26.0 Å². The molecule has 2 amide bonds. The summed E-state index contributed by atoms with van der Waals surface area (Å²) in [4.78, 5) is 29.7. The Morgan fingerprint density at radius 2 is 1.43 bits per heavy atom. The molecule has 1 N–H and O–H groups in total. The van der Waals surface area contributed by atoms with Crippen molar-refractivity contribution in [3.8, 4) is 28.5 Å². The molecule has 0 atom stereocenters. The highest BCUT2D eigenvalue weighted by atomic mass is 16.5. The molecule has 1 aromatic heterocycles. The van der Waals surface area contributed by atoms with Crippen LogP contribution in [-0.2, 0) is 0 Å². The average molecular weight is 479 g/mol. The van der Waals surface area contributed by atoms with E-state index in [2.05, 4.69) is 16.3 Å². The number of H-pyrrole nitrogens is 1. The quantitative estimate of drug-likeness (QED) is 0.584. The molecule has 0 saturated carbocycles. The minimum absolute atomic E-state index is 0.131. The van der Waals surface area contributed by atoms with Gasteiger partial charge in [0.25, 0.3) is 11.8 Å². The summed E-state index contributed by atoms with van der Waals surface area (Å²) in [6, 6.07) is 11.2. The number of nitrogens with one attached hydrogen (secondary N) is 1. The molecule has 1 saturated heterocycles. The number of methoxy groups -OCH3 is 3. The fraction of sp³-hybridized carbons (Fsp3) is 0.346. The zero-order chi connectivity index (χ0) is 25.1. The van der Waals surface area contributed by atoms with E-state index in [1.54, 1.807) is 28.0 Å². The van der Waals surface area contributed by atoms with Crippen molar-refractivity contribution in [3.05, 3.63) is 58.8 Å². The van der Waals surface area contributed by atoms with Gasteiger partial charge in [0, 0.05) is 37.3 Å². The van der Waals surface area contributed by atoms with Crippen LogP contribution in [-0.4, -0.2) is 79.3 Å². The monoisotopic (exact) mass is 478 g/mol. The van der Waals surface area contributed by atoms with E-state index in [0.717, 1.165) is 16.8 Å². The van der Waals surface area contributed by atoms with Gasteiger partial charge >= 0.3 is 0 Å². The Labute approximate surface area is 204 Å². The summed E-state index contributed by atoms with van der Waals surface area (Å²) in [6.07, 6.45) is 0. The molecule has 1 aliphatic rings. The molecule has 2 heterocycles. The van der Waals surface area contributed by atoms with Crippen LogP contribution in [0.3, 0.4) is 0 Å². The smallest absolute Gasteiger partial charge is 0.272 e. The topological polar surface area (TPSA) is 97.0 Å². The first-order valence-electron chi connectivity index (χ1n) is 11.4. The van der Waals surface area contributed by atoms with Crippen molar-refractivity contribution >= 4 is 11.8 Å². The number of amides is 2. The van der Waals surface area contributed by atoms with Crippen LogP contribution in [0.25, 0.3) is 11.3 Å². The minimum atomic E-state index is -0.157. The number of hydrogen-bond donors (Lipinski definition) is 1. The first kappa shape index (κ1) is 24.1. The van der Waals surface area contributed by atoms with Crippen LogP contribution < -0.4 is 14.2 Å². The second-order valence-corrected chi connectivity index (χ2v) is 8.48. The molecule has 3 aromatic rings. The number of ether oxygens (including phenoxy) is 3. The van der Waals surface area contributed by atoms with Gasteiger partial charge in [-0.2, -0.15) is 5.10 Å². The van der Waals surface area contributed by atoms with Gasteiger partial charge in [0.05, 0.1) is 27.0 Å². The Balaban J connectivity index is 1.43. The zero-order valence-corrected chi connectivity index (χ0v) is 20.7. The van der Waals surface area contributed by atoms with Crippen LogP contribution in [0.2, 0.25) is 0 Å². The van der Waals surface area contributed by atoms with E-state index in [4.69, 9.17) is 14.2 Å². The normalized spacial score (nSPS) is 13.5. The zero-order valence-electron chi connectivity index (χ0n) is 20.7. The maximum absolute atomic E-state index is 13.2. The lowest BCUT2D eigenvalue weighted by Gasteiger charge is -2.34. The maximum Gasteiger partial charge on any atom is 0.272 e. The summed E-state index contributed by atoms with van der Waals surface area (Å²) in [7, 11) is 4.54. The third kappa shape index (κ3) is 4.80. The van der Waals surface area contributed by atoms with Gasteiger partial charge < -0.3 is 24.0 Å². The number of benzene rings is 2. The van der Waals surface area contributed by atoms with Crippen LogP contribution in [0.5, 0.6) is 17.2 Å². The molecule has 35 heavy (non-hydrogen) atoms. The minimum Gasteiger partial charge on any atom is -0.493 e. The molecular weight excluding hydrogens is 448 g/mol. The number of aromatic nitrogens is 2. The number of hydrogen-bond acceptors (Lipinski definition) is 6. The molecule has 0 bridgehead atoms. The Hall–Kier alpha value is -4.01. The lowest BCUT2D eigenvalue weighted by molar-refractivity contribution is 0.0532. The Morgan fingerprint density at radius 1 is 0.829 bits per heavy atom. The highest BCUT2D eigenvalue weighted by molar-refractivity contribution is 5.96. The van der Waals surface area contributed by atoms with E-state index in [-0.39, 0.29) is 11.8 Å². The predicted octanol–water partition coefficient (Wildman–Crippen LogP) is 3.32. The van der Waals surface area contributed by atoms with E-state index < -0.39 is 0 Å². The summed E-state index contributed by atoms with van der Waals surface area (Å²) in [5.41, 5.74) is 4.88. The summed E-state index contributed by atoms with van der Waals surface area (Å²) >= 11 is 0. The number of carbonyl (C=O) groups excluding carboxylic acids is 2. The van der Waals surface area contributed by atoms with E-state index in [0.29, 0.717) is 54.7 Å². The highest BCUT2D eigenvalue weighted by Crippen LogP contribution is 2.38. The molecule has 4 rings (SSSR count). The Bertz CT molecular complexity index is 1220. The standard InChI is InChI=1S/C26H30N4O5/c1-16-6-7-19(17(2)12-16)20-15-21(28-27-20)26(32)30-10-8-29(9-11-30)25(31)18-13-22(33-3)24(35-5)23(14-18)34-4/h6-7,12-15H,8-11H2,1-5H3,(H,27,28). The largest absolute Gasteiger partial charge is 0.493 e. The molecule has 9 nitrogen and oxygen atoms in total. The average Bonchev–Trinajstić information content (AvgIpc) is 3.36. The molecule has 0 aliphatic carbocycles. The Kier molecular flexibility index (Phi) is 6.95. The van der Waals surface area contributed by atoms with Crippen molar-refractivity contribution in [2.45, 2.75) is 13.8 Å². The van der Waals surface area contributed by atoms with Gasteiger partial charge in [0.15, 0.2) is 11.5 Å². The molecule has 184 valence electrons. The second-order valence-electron chi connectivity index (χ2n) is 8.48. The molecule has 0 radical (unpaired) electrons. The lowest BCUT2D eigenvalue weighted by Crippen LogP contribution is -2.50. The van der Waals surface area contributed by atoms with Crippen LogP contribution in [0, 0.1) is 13.8 Å². The molecular formula is C26H30N4O5. The molecule has 2 aromatic carbocycles. The van der Waals surface area contributed by atoms with Crippen LogP contribution in [0.1, 0.15) is 32.0 Å². The molecule has 0 unspecified atom stereocenters. The number of carbonyl (C=O) groups is 2. The van der Waals surface area contributed by atoms with Crippen molar-refractivity contribution in [1.29, 1.82) is 0 Å². The third-order valence-corrected chi connectivity index (χ3v) is 6.23. The molecule has 1 fully saturated rings. The predicted molar refractivity (Wildman–Crippen MR) is 131 cm³/mol. The van der Waals surface area contributed by atoms with Crippen LogP contribution in [0.4, 0.5) is 0 Å². The van der Waals surface area contributed by atoms with Gasteiger partial charge in [0.2, 0.25) is 5.75 Å². The van der Waals surface area contributed by atoms with Crippen molar-refractivity contribution in [1.82, 2.24) is 20.0 Å². The third-order valence-electron chi connectivity index (χ3n) is 6.23. The first-order valence-corrected chi connectivity index (χ1v) is 11.4. The van der Waals surface area contributed by atoms with Crippen molar-refractivity contribution in [2.75, 3.05) is 47.5 Å². The van der Waals surface area contributed by atoms with Gasteiger partial charge in [-0.3, -0.25) is 14.7 Å². The van der Waals surface area contributed by atoms with E-state index >= 15 is 0 Å². The summed E-state index contributed by atoms with van der Waals surface area (Å²) in [5, 5.41) is 7.23. The number of piperazine rings is 1. The van der Waals surface area contributed by atoms with E-state index in [9.17, 15) is 9.59 Å². The van der Waals surface area contributed by atoms with Crippen molar-refractivity contribution in [3.63, 3.8) is 0 Å². The summed E-state index contributed by atoms with van der Waals surface area (Å²) < 4.78 is 16.1. The Morgan fingerprint density at radius 3 is 1.97 bits per heavy atom. The van der Waals surface area contributed by atoms with Crippen molar-refractivity contribution in [2.24, 2.45) is 0 Å². The van der Waals surface area contributed by atoms with Gasteiger partial charge in [-0.15, -0.1) is 0 Å². The van der Waals surface area contributed by atoms with Gasteiger partial charge in [0.1, 0.15) is 5.69 Å². The van der Waals surface area contributed by atoms with Gasteiger partial charge in [-0.05, 0) is 37.6 Å². The first-order chi connectivity index (χ1) is 16.9. The summed E-state index contributed by atoms with van der Waals surface area (Å²) in [6.45, 7) is 5.75. The number of rotatable bonds is 6. The number of aryl methyl sites for hydroxylation is 2. The highest BCUT2D eigenvalue weighted by Gasteiger charge is 2.28.